The maximum atomic E-state index is 12.4. The van der Waals surface area contributed by atoms with Crippen molar-refractivity contribution in [3.05, 3.63) is 76.4 Å². The number of nitrogens with zero attached hydrogens (tertiary/aromatic N) is 1. The molecule has 2 saturated carbocycles. The number of guanidine groups is 1. The summed E-state index contributed by atoms with van der Waals surface area (Å²) in [4.78, 5) is 4.88. The van der Waals surface area contributed by atoms with Crippen molar-refractivity contribution in [2.45, 2.75) is 141 Å². The fraction of sp³-hybridized carbons (Fsp3) is 0.582. The molecule has 4 aliphatic carbocycles. The number of benzene rings is 3. The normalized spacial score (nSPS) is 32.6. The average Bonchev–Trinajstić information content (AvgIpc) is 3.37. The van der Waals surface area contributed by atoms with Crippen LogP contribution in [0.2, 0.25) is 0 Å². The van der Waals surface area contributed by atoms with Gasteiger partial charge in [0.25, 0.3) is 0 Å². The van der Waals surface area contributed by atoms with Gasteiger partial charge in [-0.25, -0.2) is 0 Å². The van der Waals surface area contributed by atoms with Gasteiger partial charge in [-0.1, -0.05) is 57.8 Å². The molecule has 3 aromatic rings. The SMILES string of the molecule is CCC1CC2C=CC1CC(O)CCCNC(N)=NCC1CCC34CC#COc5ccc(cc5OC3C1CCC4)C1Oc3cc(OC)c4c(c3CC1O)C2Cc1cc(O)c(CC(C)C)cc1-4. The van der Waals surface area contributed by atoms with Crippen molar-refractivity contribution in [2.75, 3.05) is 20.2 Å². The molecule has 0 amide bonds. The van der Waals surface area contributed by atoms with Crippen LogP contribution in [0, 0.1) is 52.9 Å². The number of aliphatic hydroxyl groups is 2. The second-order valence-corrected chi connectivity index (χ2v) is 21.0. The first kappa shape index (κ1) is 44.0. The molecule has 0 aromatic heterocycles. The van der Waals surface area contributed by atoms with Crippen LogP contribution in [0.25, 0.3) is 11.1 Å². The number of fused-ring (bicyclic) bond motifs is 2. The second-order valence-electron chi connectivity index (χ2n) is 21.0. The van der Waals surface area contributed by atoms with Gasteiger partial charge in [0.1, 0.15) is 35.6 Å². The highest BCUT2D eigenvalue weighted by atomic mass is 16.5. The zero-order valence-electron chi connectivity index (χ0n) is 38.8. The minimum Gasteiger partial charge on any atom is -0.508 e. The van der Waals surface area contributed by atoms with Crippen LogP contribution in [-0.4, -0.2) is 59.8 Å². The van der Waals surface area contributed by atoms with E-state index in [9.17, 15) is 15.3 Å². The van der Waals surface area contributed by atoms with Gasteiger partial charge in [0.15, 0.2) is 17.5 Å². The van der Waals surface area contributed by atoms with Gasteiger partial charge in [-0.3, -0.25) is 4.99 Å². The van der Waals surface area contributed by atoms with E-state index in [4.69, 9.17) is 29.7 Å². The molecule has 10 nitrogen and oxygen atoms in total. The Kier molecular flexibility index (Phi) is 12.2. The molecule has 12 bridgehead atoms. The van der Waals surface area contributed by atoms with Crippen molar-refractivity contribution in [3.63, 3.8) is 0 Å². The van der Waals surface area contributed by atoms with Gasteiger partial charge in [-0.05, 0) is 152 Å². The number of ether oxygens (including phenoxy) is 4. The largest absolute Gasteiger partial charge is 0.508 e. The number of phenols is 1. The Bertz CT molecular complexity index is 2400. The molecule has 11 unspecified atom stereocenters. The van der Waals surface area contributed by atoms with Gasteiger partial charge in [0.05, 0.1) is 19.3 Å². The van der Waals surface area contributed by atoms with Crippen LogP contribution in [0.3, 0.4) is 0 Å². The monoisotopic (exact) mass is 884 g/mol. The lowest BCUT2D eigenvalue weighted by atomic mass is 9.55. The molecule has 0 saturated heterocycles. The Morgan fingerprint density at radius 1 is 0.969 bits per heavy atom. The Labute approximate surface area is 385 Å². The highest BCUT2D eigenvalue weighted by molar-refractivity contribution is 5.84. The summed E-state index contributed by atoms with van der Waals surface area (Å²) < 4.78 is 26.7. The Balaban J connectivity index is 1.09. The van der Waals surface area contributed by atoms with Gasteiger partial charge in [0, 0.05) is 54.5 Å². The molecule has 3 aromatic carbocycles. The second kappa shape index (κ2) is 18.1. The zero-order valence-corrected chi connectivity index (χ0v) is 38.8. The number of phenolic OH excluding ortho intramolecular Hbond substituents is 1. The summed E-state index contributed by atoms with van der Waals surface area (Å²) in [6.07, 6.45) is 17.9. The van der Waals surface area contributed by atoms with Crippen LogP contribution in [0.1, 0.15) is 131 Å². The molecule has 5 aliphatic heterocycles. The third kappa shape index (κ3) is 8.35. The predicted molar refractivity (Wildman–Crippen MR) is 253 cm³/mol. The average molecular weight is 884 g/mol. The fourth-order valence-corrected chi connectivity index (χ4v) is 13.3. The number of methoxy groups -OCH3 is 1. The van der Waals surface area contributed by atoms with E-state index in [1.54, 1.807) is 7.11 Å². The zero-order chi connectivity index (χ0) is 45.0. The molecule has 65 heavy (non-hydrogen) atoms. The Morgan fingerprint density at radius 3 is 2.66 bits per heavy atom. The summed E-state index contributed by atoms with van der Waals surface area (Å²) in [7, 11) is 1.73. The molecule has 5 heterocycles. The topological polar surface area (TPSA) is 148 Å². The maximum Gasteiger partial charge on any atom is 0.188 e. The summed E-state index contributed by atoms with van der Waals surface area (Å²) in [5, 5.41) is 38.5. The molecule has 0 radical (unpaired) electrons. The van der Waals surface area contributed by atoms with Crippen molar-refractivity contribution < 1.29 is 34.3 Å². The van der Waals surface area contributed by atoms with Crippen LogP contribution in [0.15, 0.2) is 53.5 Å². The van der Waals surface area contributed by atoms with E-state index >= 15 is 0 Å². The number of aliphatic hydroxyl groups excluding tert-OH is 2. The Morgan fingerprint density at radius 2 is 1.83 bits per heavy atom. The molecule has 12 rings (SSSR count). The molecule has 346 valence electrons. The number of hydrogen-bond donors (Lipinski definition) is 5. The number of allylic oxidation sites excluding steroid dienone is 2. The lowest BCUT2D eigenvalue weighted by Gasteiger charge is -2.53. The van der Waals surface area contributed by atoms with E-state index in [0.29, 0.717) is 66.9 Å². The van der Waals surface area contributed by atoms with Gasteiger partial charge in [-0.2, -0.15) is 0 Å². The highest BCUT2D eigenvalue weighted by Crippen LogP contribution is 2.58. The van der Waals surface area contributed by atoms with Crippen LogP contribution in [-0.2, 0) is 19.3 Å². The van der Waals surface area contributed by atoms with Crippen molar-refractivity contribution in [1.82, 2.24) is 5.32 Å². The summed E-state index contributed by atoms with van der Waals surface area (Å²) >= 11 is 0. The molecular weight excluding hydrogens is 815 g/mol. The van der Waals surface area contributed by atoms with Gasteiger partial charge >= 0.3 is 0 Å². The minimum atomic E-state index is -0.843. The molecule has 11 atom stereocenters. The number of rotatable bonds is 4. The van der Waals surface area contributed by atoms with Crippen LogP contribution < -0.4 is 30.0 Å². The lowest BCUT2D eigenvalue weighted by molar-refractivity contribution is -0.0896. The quantitative estimate of drug-likeness (QED) is 0.128. The first-order chi connectivity index (χ1) is 31.5. The molecule has 0 spiro atoms. The minimum absolute atomic E-state index is 0.0510. The van der Waals surface area contributed by atoms with Gasteiger partial charge in [0.2, 0.25) is 0 Å². The number of nitrogens with two attached hydrogens (primary N) is 1. The van der Waals surface area contributed by atoms with E-state index in [1.165, 1.54) is 5.56 Å². The highest BCUT2D eigenvalue weighted by Gasteiger charge is 2.53. The Hall–Kier alpha value is -4.85. The van der Waals surface area contributed by atoms with E-state index in [1.807, 2.05) is 30.3 Å². The number of nitrogens with one attached hydrogen (secondary N) is 1. The standard InChI is InChI=1S/C55H69N3O7/c1-5-32-22-34-12-11-33(32)23-39(59)9-7-19-57-54(56)58-30-36-15-18-55-16-6-10-40(36)53(55)65-48-27-35(13-14-46(48)63-20-8-17-55)52-45(61)28-43-47(64-52)29-49(62-4)51-42-25-38(21-31(2)3)44(60)26-37(42)24-41(34)50(43)51/h11-14,25-27,29,31-34,36,39-41,45,52-53,59-61H,5-7,9-10,15-19,21-24,28,30H2,1-4H3,(H3,56,57,58). The van der Waals surface area contributed by atoms with Crippen molar-refractivity contribution >= 4 is 5.96 Å². The molecule has 10 heteroatoms. The molecule has 9 aliphatic rings. The van der Waals surface area contributed by atoms with Gasteiger partial charge < -0.3 is 45.3 Å². The van der Waals surface area contributed by atoms with Gasteiger partial charge in [-0.15, -0.1) is 0 Å². The summed E-state index contributed by atoms with van der Waals surface area (Å²) in [6.45, 7) is 7.92. The van der Waals surface area contributed by atoms with Crippen molar-refractivity contribution in [2.24, 2.45) is 51.6 Å². The van der Waals surface area contributed by atoms with E-state index < -0.39 is 18.3 Å². The molecule has 6 N–H and O–H groups in total. The first-order valence-corrected chi connectivity index (χ1v) is 24.8. The maximum absolute atomic E-state index is 12.4. The predicted octanol–water partition coefficient (Wildman–Crippen LogP) is 9.30. The number of hydrogen-bond acceptors (Lipinski definition) is 10. The number of aromatic hydroxyl groups is 1. The lowest BCUT2D eigenvalue weighted by Crippen LogP contribution is -2.54. The fourth-order valence-electron chi connectivity index (χ4n) is 13.3. The smallest absolute Gasteiger partial charge is 0.188 e. The van der Waals surface area contributed by atoms with Crippen molar-refractivity contribution in [1.29, 1.82) is 0 Å². The van der Waals surface area contributed by atoms with E-state index in [0.717, 1.165) is 122 Å². The summed E-state index contributed by atoms with van der Waals surface area (Å²) in [6, 6.07) is 12.1. The summed E-state index contributed by atoms with van der Waals surface area (Å²) in [5.41, 5.74) is 13.6. The van der Waals surface area contributed by atoms with E-state index in [-0.39, 0.29) is 35.2 Å². The van der Waals surface area contributed by atoms with Crippen LogP contribution in [0.4, 0.5) is 0 Å². The first-order valence-electron chi connectivity index (χ1n) is 24.8. The van der Waals surface area contributed by atoms with Crippen LogP contribution in [0.5, 0.6) is 28.7 Å². The summed E-state index contributed by atoms with van der Waals surface area (Å²) in [5.74, 6) is 8.71. The third-order valence-electron chi connectivity index (χ3n) is 16.6. The molecule has 2 fully saturated rings. The van der Waals surface area contributed by atoms with E-state index in [2.05, 4.69) is 56.3 Å². The van der Waals surface area contributed by atoms with Crippen molar-refractivity contribution in [3.8, 4) is 51.9 Å². The molecular formula is C55H69N3O7. The number of aliphatic imine (C=N–C) groups is 1. The van der Waals surface area contributed by atoms with Crippen LogP contribution >= 0.6 is 0 Å². The third-order valence-corrected chi connectivity index (χ3v) is 16.6.